The first-order valence-corrected chi connectivity index (χ1v) is 4.09. The summed E-state index contributed by atoms with van der Waals surface area (Å²) in [6, 6.07) is 5.55. The van der Waals surface area contributed by atoms with E-state index >= 15 is 0 Å². The van der Waals surface area contributed by atoms with Crippen molar-refractivity contribution >= 4 is 11.8 Å². The molecule has 0 amide bonds. The van der Waals surface area contributed by atoms with Gasteiger partial charge in [-0.3, -0.25) is 0 Å². The van der Waals surface area contributed by atoms with Crippen molar-refractivity contribution < 1.29 is 13.2 Å². The molecule has 1 aromatic carbocycles. The number of nitriles is 1. The largest absolute Gasteiger partial charge is 0.384 e. The van der Waals surface area contributed by atoms with E-state index in [1.807, 2.05) is 0 Å². The van der Waals surface area contributed by atoms with E-state index in [0.29, 0.717) is 0 Å². The van der Waals surface area contributed by atoms with E-state index in [-0.39, 0.29) is 16.7 Å². The fourth-order valence-corrected chi connectivity index (χ4v) is 1.36. The molecule has 0 heterocycles. The number of thioether (sulfide) groups is 1. The zero-order chi connectivity index (χ0) is 9.90. The summed E-state index contributed by atoms with van der Waals surface area (Å²) < 4.78 is 37.4. The van der Waals surface area contributed by atoms with Gasteiger partial charge in [0.2, 0.25) is 0 Å². The Kier molecular flexibility index (Phi) is 2.83. The van der Waals surface area contributed by atoms with E-state index in [2.05, 4.69) is 0 Å². The fraction of sp³-hybridized carbons (Fsp3) is 0.125. The summed E-state index contributed by atoms with van der Waals surface area (Å²) in [6.45, 7) is 0. The molecule has 0 spiro atoms. The Hall–Kier alpha value is -1.15. The maximum atomic E-state index is 12.5. The molecule has 0 saturated heterocycles. The zero-order valence-corrected chi connectivity index (χ0v) is 7.12. The molecule has 0 aliphatic heterocycles. The second kappa shape index (κ2) is 3.71. The summed E-state index contributed by atoms with van der Waals surface area (Å²) in [5.41, 5.74) is 0. The van der Waals surface area contributed by atoms with Crippen molar-refractivity contribution in [3.05, 3.63) is 30.1 Å². The van der Waals surface area contributed by atoms with Crippen molar-refractivity contribution in [2.75, 3.05) is 0 Å². The lowest BCUT2D eigenvalue weighted by molar-refractivity contribution is 0.171. The van der Waals surface area contributed by atoms with Crippen LogP contribution in [-0.2, 0) is 0 Å². The molecule has 0 bridgehead atoms. The molecule has 68 valence electrons. The van der Waals surface area contributed by atoms with Crippen molar-refractivity contribution in [1.29, 1.82) is 5.26 Å². The molecule has 0 radical (unpaired) electrons. The van der Waals surface area contributed by atoms with Gasteiger partial charge in [-0.05, 0) is 30.0 Å². The molecule has 0 aliphatic rings. The van der Waals surface area contributed by atoms with Gasteiger partial charge in [0, 0.05) is 4.90 Å². The first-order valence-electron chi connectivity index (χ1n) is 3.27. The fourth-order valence-electron chi connectivity index (χ4n) is 0.701. The van der Waals surface area contributed by atoms with Crippen LogP contribution in [0.25, 0.3) is 0 Å². The third kappa shape index (κ3) is 2.99. The standard InChI is InChI=1S/C8H4F3NS/c9-6-2-1-3-7(4-6)13-8(10,11)5-12/h1-4H. The summed E-state index contributed by atoms with van der Waals surface area (Å²) in [7, 11) is 0. The summed E-state index contributed by atoms with van der Waals surface area (Å²) >= 11 is 0.0256. The number of rotatable bonds is 2. The SMILES string of the molecule is N#CC(F)(F)Sc1cccc(F)c1. The molecule has 1 rings (SSSR count). The topological polar surface area (TPSA) is 23.8 Å². The molecule has 1 aromatic rings. The predicted molar refractivity (Wildman–Crippen MR) is 42.8 cm³/mol. The first-order chi connectivity index (χ1) is 6.03. The Morgan fingerprint density at radius 2 is 2.08 bits per heavy atom. The van der Waals surface area contributed by atoms with Crippen LogP contribution in [0.3, 0.4) is 0 Å². The van der Waals surface area contributed by atoms with E-state index in [9.17, 15) is 13.2 Å². The molecule has 0 aromatic heterocycles. The number of halogens is 3. The van der Waals surface area contributed by atoms with Crippen molar-refractivity contribution in [2.24, 2.45) is 0 Å². The number of nitrogens with zero attached hydrogens (tertiary/aromatic N) is 1. The van der Waals surface area contributed by atoms with Crippen LogP contribution in [0.1, 0.15) is 0 Å². The van der Waals surface area contributed by atoms with Gasteiger partial charge in [-0.2, -0.15) is 14.0 Å². The molecule has 0 N–H and O–H groups in total. The Balaban J connectivity index is 2.82. The highest BCUT2D eigenvalue weighted by atomic mass is 32.2. The van der Waals surface area contributed by atoms with Crippen molar-refractivity contribution in [1.82, 2.24) is 0 Å². The quantitative estimate of drug-likeness (QED) is 0.690. The molecule has 0 fully saturated rings. The van der Waals surface area contributed by atoms with Crippen molar-refractivity contribution in [3.8, 4) is 6.07 Å². The summed E-state index contributed by atoms with van der Waals surface area (Å²) in [4.78, 5) is 0.0338. The van der Waals surface area contributed by atoms with E-state index in [1.54, 1.807) is 0 Å². The predicted octanol–water partition coefficient (Wildman–Crippen LogP) is 3.03. The van der Waals surface area contributed by atoms with Crippen LogP contribution in [0.4, 0.5) is 13.2 Å². The highest BCUT2D eigenvalue weighted by Crippen LogP contribution is 2.34. The summed E-state index contributed by atoms with van der Waals surface area (Å²) in [6.07, 6.45) is 0. The van der Waals surface area contributed by atoms with Gasteiger partial charge in [-0.1, -0.05) is 6.07 Å². The van der Waals surface area contributed by atoms with Crippen molar-refractivity contribution in [2.45, 2.75) is 10.2 Å². The Labute approximate surface area is 77.2 Å². The smallest absolute Gasteiger partial charge is 0.207 e. The van der Waals surface area contributed by atoms with Crippen molar-refractivity contribution in [3.63, 3.8) is 0 Å². The highest BCUT2D eigenvalue weighted by Gasteiger charge is 2.29. The zero-order valence-electron chi connectivity index (χ0n) is 6.30. The number of hydrogen-bond acceptors (Lipinski definition) is 2. The summed E-state index contributed by atoms with van der Waals surface area (Å²) in [5.74, 6) is -0.598. The molecule has 0 aliphatic carbocycles. The number of benzene rings is 1. The molecule has 0 atom stereocenters. The van der Waals surface area contributed by atoms with Gasteiger partial charge >= 0.3 is 5.25 Å². The van der Waals surface area contributed by atoms with Gasteiger partial charge in [0.05, 0.1) is 0 Å². The van der Waals surface area contributed by atoms with Crippen LogP contribution in [0.2, 0.25) is 0 Å². The van der Waals surface area contributed by atoms with Gasteiger partial charge in [-0.15, -0.1) is 0 Å². The maximum Gasteiger partial charge on any atom is 0.384 e. The monoisotopic (exact) mass is 203 g/mol. The highest BCUT2D eigenvalue weighted by molar-refractivity contribution is 8.00. The van der Waals surface area contributed by atoms with E-state index in [0.717, 1.165) is 18.2 Å². The maximum absolute atomic E-state index is 12.5. The molecular weight excluding hydrogens is 199 g/mol. The van der Waals surface area contributed by atoms with E-state index in [4.69, 9.17) is 5.26 Å². The van der Waals surface area contributed by atoms with Gasteiger partial charge in [0.15, 0.2) is 6.07 Å². The third-order valence-corrected chi connectivity index (χ3v) is 2.01. The normalized spacial score (nSPS) is 10.9. The molecule has 0 saturated carbocycles. The Morgan fingerprint density at radius 3 is 2.62 bits per heavy atom. The number of hydrogen-bond donors (Lipinski definition) is 0. The minimum Gasteiger partial charge on any atom is -0.207 e. The minimum absolute atomic E-state index is 0.0256. The van der Waals surface area contributed by atoms with Gasteiger partial charge in [-0.25, -0.2) is 4.39 Å². The lowest BCUT2D eigenvalue weighted by Gasteiger charge is -2.05. The molecule has 13 heavy (non-hydrogen) atoms. The molecule has 5 heteroatoms. The lowest BCUT2D eigenvalue weighted by Crippen LogP contribution is -2.04. The van der Waals surface area contributed by atoms with Gasteiger partial charge < -0.3 is 0 Å². The summed E-state index contributed by atoms with van der Waals surface area (Å²) in [5, 5.41) is 4.50. The Morgan fingerprint density at radius 1 is 1.38 bits per heavy atom. The van der Waals surface area contributed by atoms with Crippen LogP contribution >= 0.6 is 11.8 Å². The van der Waals surface area contributed by atoms with Gasteiger partial charge in [0.1, 0.15) is 5.82 Å². The average molecular weight is 203 g/mol. The molecule has 0 unspecified atom stereocenters. The van der Waals surface area contributed by atoms with E-state index < -0.39 is 11.1 Å². The van der Waals surface area contributed by atoms with E-state index in [1.165, 1.54) is 12.1 Å². The van der Waals surface area contributed by atoms with Gasteiger partial charge in [0.25, 0.3) is 0 Å². The van der Waals surface area contributed by atoms with Crippen LogP contribution in [-0.4, -0.2) is 5.25 Å². The van der Waals surface area contributed by atoms with Crippen LogP contribution in [0, 0.1) is 17.1 Å². The van der Waals surface area contributed by atoms with Crippen LogP contribution in [0.15, 0.2) is 29.2 Å². The second-order valence-corrected chi connectivity index (χ2v) is 3.38. The first kappa shape index (κ1) is 9.93. The molecule has 1 nitrogen and oxygen atoms in total. The second-order valence-electron chi connectivity index (χ2n) is 2.19. The van der Waals surface area contributed by atoms with Crippen LogP contribution < -0.4 is 0 Å². The van der Waals surface area contributed by atoms with Crippen LogP contribution in [0.5, 0.6) is 0 Å². The molecular formula is C8H4F3NS. The lowest BCUT2D eigenvalue weighted by atomic mass is 10.4. The third-order valence-electron chi connectivity index (χ3n) is 1.17. The minimum atomic E-state index is -3.51. The number of alkyl halides is 2. The Bertz CT molecular complexity index is 345. The average Bonchev–Trinajstić information content (AvgIpc) is 2.03.